The number of aliphatic hydroxyl groups is 1. The summed E-state index contributed by atoms with van der Waals surface area (Å²) in [7, 11) is 0. The maximum absolute atomic E-state index is 13.4. The van der Waals surface area contributed by atoms with Gasteiger partial charge in [0.15, 0.2) is 11.5 Å². The smallest absolute Gasteiger partial charge is 0.295 e. The zero-order valence-corrected chi connectivity index (χ0v) is 21.8. The number of aromatic nitrogens is 1. The highest BCUT2D eigenvalue weighted by Crippen LogP contribution is 2.42. The van der Waals surface area contributed by atoms with Gasteiger partial charge in [-0.05, 0) is 79.9 Å². The SMILES string of the molecule is CCCOc1ccc(/C(O)=C2\C(=O)C(=O)N(Cc3ccncc3)C2c2ccc(OCC)c(OCC)c2)cc1. The first kappa shape index (κ1) is 26.7. The van der Waals surface area contributed by atoms with Gasteiger partial charge >= 0.3 is 0 Å². The summed E-state index contributed by atoms with van der Waals surface area (Å²) in [6.45, 7) is 7.37. The maximum Gasteiger partial charge on any atom is 0.295 e. The molecule has 1 amide bonds. The molecule has 8 nitrogen and oxygen atoms in total. The van der Waals surface area contributed by atoms with Crippen molar-refractivity contribution in [2.45, 2.75) is 39.8 Å². The lowest BCUT2D eigenvalue weighted by Crippen LogP contribution is -2.29. The van der Waals surface area contributed by atoms with Crippen LogP contribution in [0.3, 0.4) is 0 Å². The predicted octanol–water partition coefficient (Wildman–Crippen LogP) is 5.29. The molecule has 1 saturated heterocycles. The molecule has 2 aromatic carbocycles. The Morgan fingerprint density at radius 2 is 1.58 bits per heavy atom. The van der Waals surface area contributed by atoms with Crippen LogP contribution in [0.25, 0.3) is 5.76 Å². The van der Waals surface area contributed by atoms with Crippen LogP contribution < -0.4 is 14.2 Å². The summed E-state index contributed by atoms with van der Waals surface area (Å²) in [4.78, 5) is 32.2. The minimum atomic E-state index is -0.839. The number of hydrogen-bond acceptors (Lipinski definition) is 7. The van der Waals surface area contributed by atoms with Gasteiger partial charge in [0.05, 0.1) is 31.4 Å². The predicted molar refractivity (Wildman–Crippen MR) is 143 cm³/mol. The van der Waals surface area contributed by atoms with E-state index in [-0.39, 0.29) is 17.9 Å². The molecular formula is C30H32N2O6. The van der Waals surface area contributed by atoms with Crippen LogP contribution in [0.4, 0.5) is 0 Å². The summed E-state index contributed by atoms with van der Waals surface area (Å²) in [6.07, 6.45) is 4.13. The number of carbonyl (C=O) groups excluding carboxylic acids is 2. The first-order chi connectivity index (χ1) is 18.5. The van der Waals surface area contributed by atoms with Crippen LogP contribution in [-0.4, -0.2) is 46.5 Å². The van der Waals surface area contributed by atoms with Crippen LogP contribution in [0.15, 0.2) is 72.6 Å². The van der Waals surface area contributed by atoms with Gasteiger partial charge in [0.25, 0.3) is 11.7 Å². The van der Waals surface area contributed by atoms with Gasteiger partial charge in [0, 0.05) is 24.5 Å². The highest BCUT2D eigenvalue weighted by atomic mass is 16.5. The molecule has 2 heterocycles. The fraction of sp³-hybridized carbons (Fsp3) is 0.300. The quantitative estimate of drug-likeness (QED) is 0.210. The van der Waals surface area contributed by atoms with E-state index in [1.807, 2.05) is 20.8 Å². The second-order valence-electron chi connectivity index (χ2n) is 8.73. The van der Waals surface area contributed by atoms with E-state index < -0.39 is 17.7 Å². The third kappa shape index (κ3) is 5.64. The zero-order chi connectivity index (χ0) is 27.1. The van der Waals surface area contributed by atoms with Crippen molar-refractivity contribution in [1.29, 1.82) is 0 Å². The van der Waals surface area contributed by atoms with E-state index in [9.17, 15) is 14.7 Å². The minimum Gasteiger partial charge on any atom is -0.507 e. The molecule has 4 rings (SSSR count). The number of pyridine rings is 1. The summed E-state index contributed by atoms with van der Waals surface area (Å²) >= 11 is 0. The molecular weight excluding hydrogens is 484 g/mol. The largest absolute Gasteiger partial charge is 0.507 e. The second kappa shape index (κ2) is 12.3. The molecule has 1 aliphatic rings. The maximum atomic E-state index is 13.4. The Kier molecular flexibility index (Phi) is 8.63. The van der Waals surface area contributed by atoms with Gasteiger partial charge in [-0.3, -0.25) is 14.6 Å². The Labute approximate surface area is 222 Å². The molecule has 3 aromatic rings. The zero-order valence-electron chi connectivity index (χ0n) is 21.8. The number of rotatable bonds is 11. The van der Waals surface area contributed by atoms with Gasteiger partial charge in [-0.25, -0.2) is 0 Å². The number of amides is 1. The number of aliphatic hydroxyl groups excluding tert-OH is 1. The number of Topliss-reactive ketones (excluding diaryl/α,β-unsaturated/α-hetero) is 1. The van der Waals surface area contributed by atoms with E-state index in [0.29, 0.717) is 48.2 Å². The third-order valence-electron chi connectivity index (χ3n) is 6.13. The molecule has 1 atom stereocenters. The first-order valence-electron chi connectivity index (χ1n) is 12.8. The molecule has 1 N–H and O–H groups in total. The highest BCUT2D eigenvalue weighted by Gasteiger charge is 2.46. The van der Waals surface area contributed by atoms with Crippen molar-refractivity contribution in [3.05, 3.63) is 89.3 Å². The molecule has 0 aliphatic carbocycles. The van der Waals surface area contributed by atoms with Crippen molar-refractivity contribution in [2.75, 3.05) is 19.8 Å². The van der Waals surface area contributed by atoms with Crippen molar-refractivity contribution in [1.82, 2.24) is 9.88 Å². The van der Waals surface area contributed by atoms with E-state index in [0.717, 1.165) is 12.0 Å². The molecule has 0 saturated carbocycles. The van der Waals surface area contributed by atoms with Crippen LogP contribution in [0.5, 0.6) is 17.2 Å². The lowest BCUT2D eigenvalue weighted by Gasteiger charge is -2.26. The van der Waals surface area contributed by atoms with Crippen molar-refractivity contribution >= 4 is 17.4 Å². The van der Waals surface area contributed by atoms with E-state index in [1.165, 1.54) is 4.90 Å². The highest BCUT2D eigenvalue weighted by molar-refractivity contribution is 6.46. The van der Waals surface area contributed by atoms with Gasteiger partial charge in [-0.15, -0.1) is 0 Å². The van der Waals surface area contributed by atoms with Crippen molar-refractivity contribution in [2.24, 2.45) is 0 Å². The molecule has 1 fully saturated rings. The van der Waals surface area contributed by atoms with Crippen molar-refractivity contribution < 1.29 is 28.9 Å². The van der Waals surface area contributed by atoms with Crippen molar-refractivity contribution in [3.63, 3.8) is 0 Å². The number of ketones is 1. The summed E-state index contributed by atoms with van der Waals surface area (Å²) in [5.41, 5.74) is 1.85. The average Bonchev–Trinajstić information content (AvgIpc) is 3.18. The summed E-state index contributed by atoms with van der Waals surface area (Å²) in [5.74, 6) is 0.0267. The van der Waals surface area contributed by atoms with E-state index in [2.05, 4.69) is 4.98 Å². The first-order valence-corrected chi connectivity index (χ1v) is 12.8. The topological polar surface area (TPSA) is 98.2 Å². The Morgan fingerprint density at radius 1 is 0.895 bits per heavy atom. The number of ether oxygens (including phenoxy) is 3. The Hall–Kier alpha value is -4.33. The molecule has 1 unspecified atom stereocenters. The summed E-state index contributed by atoms with van der Waals surface area (Å²) in [5, 5.41) is 11.4. The second-order valence-corrected chi connectivity index (χ2v) is 8.73. The summed E-state index contributed by atoms with van der Waals surface area (Å²) < 4.78 is 17.1. The Bertz CT molecular complexity index is 1300. The summed E-state index contributed by atoms with van der Waals surface area (Å²) in [6, 6.07) is 14.9. The number of nitrogens with zero attached hydrogens (tertiary/aromatic N) is 2. The minimum absolute atomic E-state index is 0.0119. The molecule has 0 spiro atoms. The molecule has 1 aromatic heterocycles. The number of hydrogen-bond donors (Lipinski definition) is 1. The van der Waals surface area contributed by atoms with Crippen LogP contribution in [0.1, 0.15) is 49.9 Å². The van der Waals surface area contributed by atoms with Gasteiger partial charge in [-0.1, -0.05) is 13.0 Å². The molecule has 0 bridgehead atoms. The van der Waals surface area contributed by atoms with Crippen LogP contribution in [0.2, 0.25) is 0 Å². The Balaban J connectivity index is 1.82. The fourth-order valence-corrected chi connectivity index (χ4v) is 4.40. The van der Waals surface area contributed by atoms with Gasteiger partial charge in [-0.2, -0.15) is 0 Å². The molecule has 198 valence electrons. The molecule has 8 heteroatoms. The van der Waals surface area contributed by atoms with E-state index in [4.69, 9.17) is 14.2 Å². The van der Waals surface area contributed by atoms with Crippen LogP contribution in [0, 0.1) is 0 Å². The normalized spacial score (nSPS) is 16.5. The van der Waals surface area contributed by atoms with Crippen LogP contribution in [-0.2, 0) is 16.1 Å². The molecule has 38 heavy (non-hydrogen) atoms. The lowest BCUT2D eigenvalue weighted by atomic mass is 9.94. The monoisotopic (exact) mass is 516 g/mol. The molecule has 0 radical (unpaired) electrons. The van der Waals surface area contributed by atoms with Gasteiger partial charge in [0.1, 0.15) is 11.5 Å². The number of likely N-dealkylation sites (tertiary alicyclic amines) is 1. The van der Waals surface area contributed by atoms with Gasteiger partial charge in [0.2, 0.25) is 0 Å². The number of carbonyl (C=O) groups is 2. The number of benzene rings is 2. The fourth-order valence-electron chi connectivity index (χ4n) is 4.40. The lowest BCUT2D eigenvalue weighted by molar-refractivity contribution is -0.140. The third-order valence-corrected chi connectivity index (χ3v) is 6.13. The van der Waals surface area contributed by atoms with Gasteiger partial charge < -0.3 is 24.2 Å². The van der Waals surface area contributed by atoms with Crippen LogP contribution >= 0.6 is 0 Å². The molecule has 1 aliphatic heterocycles. The standard InChI is InChI=1S/C30H32N2O6/c1-4-17-38-23-10-7-21(8-11-23)28(33)26-27(22-9-12-24(36-5-2)25(18-22)37-6-3)32(30(35)29(26)34)19-20-13-15-31-16-14-20/h7-16,18,27,33H,4-6,17,19H2,1-3H3/b28-26+. The van der Waals surface area contributed by atoms with E-state index >= 15 is 0 Å². The average molecular weight is 517 g/mol. The van der Waals surface area contributed by atoms with E-state index in [1.54, 1.807) is 67.0 Å². The van der Waals surface area contributed by atoms with Crippen molar-refractivity contribution in [3.8, 4) is 17.2 Å². The Morgan fingerprint density at radius 3 is 2.24 bits per heavy atom.